The third-order valence-corrected chi connectivity index (χ3v) is 5.34. The van der Waals surface area contributed by atoms with Crippen molar-refractivity contribution in [1.29, 1.82) is 0 Å². The molecular weight excluding hydrogens is 294 g/mol. The lowest BCUT2D eigenvalue weighted by Crippen LogP contribution is -2.13. The zero-order valence-corrected chi connectivity index (χ0v) is 13.2. The number of hydrogen-bond donors (Lipinski definition) is 2. The maximum Gasteiger partial charge on any atom is 0.263 e. The van der Waals surface area contributed by atoms with Gasteiger partial charge in [-0.15, -0.1) is 11.3 Å². The molecule has 0 fully saturated rings. The lowest BCUT2D eigenvalue weighted by atomic mass is 10.2. The Bertz CT molecular complexity index is 671. The van der Waals surface area contributed by atoms with Crippen LogP contribution in [0.25, 0.3) is 0 Å². The van der Waals surface area contributed by atoms with E-state index < -0.39 is 10.0 Å². The first-order valence-electron chi connectivity index (χ1n) is 6.13. The van der Waals surface area contributed by atoms with Gasteiger partial charge >= 0.3 is 0 Å². The maximum absolute atomic E-state index is 12.2. The number of nitrogens with one attached hydrogen (secondary N) is 2. The van der Waals surface area contributed by atoms with Gasteiger partial charge in [0.05, 0.1) is 10.6 Å². The SMILES string of the molecule is CNCc1ccc(S(=O)(=O)Nc2nc(C)c(C)s2)cc1. The predicted molar refractivity (Wildman–Crippen MR) is 81.6 cm³/mol. The summed E-state index contributed by atoms with van der Waals surface area (Å²) in [6.07, 6.45) is 0. The van der Waals surface area contributed by atoms with Crippen LogP contribution in [0, 0.1) is 13.8 Å². The highest BCUT2D eigenvalue weighted by molar-refractivity contribution is 7.93. The highest BCUT2D eigenvalue weighted by atomic mass is 32.2. The molecule has 2 rings (SSSR count). The number of aryl methyl sites for hydroxylation is 2. The van der Waals surface area contributed by atoms with Gasteiger partial charge in [-0.1, -0.05) is 12.1 Å². The first-order chi connectivity index (χ1) is 9.42. The summed E-state index contributed by atoms with van der Waals surface area (Å²) in [7, 11) is -1.72. The number of nitrogens with zero attached hydrogens (tertiary/aromatic N) is 1. The van der Waals surface area contributed by atoms with Gasteiger partial charge in [0, 0.05) is 11.4 Å². The van der Waals surface area contributed by atoms with Gasteiger partial charge in [0.15, 0.2) is 5.13 Å². The molecule has 0 unspecified atom stereocenters. The molecule has 0 saturated heterocycles. The first-order valence-corrected chi connectivity index (χ1v) is 8.43. The average molecular weight is 311 g/mol. The average Bonchev–Trinajstić information content (AvgIpc) is 2.68. The minimum Gasteiger partial charge on any atom is -0.316 e. The van der Waals surface area contributed by atoms with Gasteiger partial charge < -0.3 is 5.32 Å². The molecule has 7 heteroatoms. The van der Waals surface area contributed by atoms with Crippen LogP contribution >= 0.6 is 11.3 Å². The van der Waals surface area contributed by atoms with E-state index in [1.165, 1.54) is 11.3 Å². The molecule has 0 aliphatic rings. The van der Waals surface area contributed by atoms with Crippen LogP contribution in [0.3, 0.4) is 0 Å². The molecule has 5 nitrogen and oxygen atoms in total. The molecule has 1 aromatic carbocycles. The van der Waals surface area contributed by atoms with E-state index in [4.69, 9.17) is 0 Å². The molecule has 0 atom stereocenters. The fourth-order valence-corrected chi connectivity index (χ4v) is 3.73. The summed E-state index contributed by atoms with van der Waals surface area (Å²) >= 11 is 1.34. The molecule has 0 aliphatic heterocycles. The number of anilines is 1. The topological polar surface area (TPSA) is 71.1 Å². The second kappa shape index (κ2) is 5.90. The maximum atomic E-state index is 12.2. The molecular formula is C13H17N3O2S2. The Morgan fingerprint density at radius 1 is 1.20 bits per heavy atom. The zero-order valence-electron chi connectivity index (χ0n) is 11.6. The summed E-state index contributed by atoms with van der Waals surface area (Å²) in [6.45, 7) is 4.48. The Kier molecular flexibility index (Phi) is 4.42. The molecule has 20 heavy (non-hydrogen) atoms. The summed E-state index contributed by atoms with van der Waals surface area (Å²) < 4.78 is 27.0. The molecule has 0 amide bonds. The van der Waals surface area contributed by atoms with Crippen LogP contribution in [-0.4, -0.2) is 20.4 Å². The van der Waals surface area contributed by atoms with Crippen molar-refractivity contribution in [3.05, 3.63) is 40.4 Å². The summed E-state index contributed by atoms with van der Waals surface area (Å²) in [6, 6.07) is 6.79. The van der Waals surface area contributed by atoms with Gasteiger partial charge in [0.1, 0.15) is 0 Å². The van der Waals surface area contributed by atoms with Crippen LogP contribution in [-0.2, 0) is 16.6 Å². The van der Waals surface area contributed by atoms with E-state index in [-0.39, 0.29) is 4.90 Å². The van der Waals surface area contributed by atoms with Gasteiger partial charge in [-0.05, 0) is 38.6 Å². The van der Waals surface area contributed by atoms with Gasteiger partial charge in [-0.2, -0.15) is 0 Å². The summed E-state index contributed by atoms with van der Waals surface area (Å²) in [5, 5.41) is 3.42. The largest absolute Gasteiger partial charge is 0.316 e. The van der Waals surface area contributed by atoms with Crippen molar-refractivity contribution < 1.29 is 8.42 Å². The smallest absolute Gasteiger partial charge is 0.263 e. The Labute approximate surface area is 123 Å². The zero-order chi connectivity index (χ0) is 14.8. The molecule has 1 aromatic heterocycles. The van der Waals surface area contributed by atoms with Crippen molar-refractivity contribution in [3.63, 3.8) is 0 Å². The molecule has 0 radical (unpaired) electrons. The van der Waals surface area contributed by atoms with Crippen LogP contribution < -0.4 is 10.0 Å². The van der Waals surface area contributed by atoms with Crippen molar-refractivity contribution in [2.75, 3.05) is 11.8 Å². The molecule has 1 heterocycles. The molecule has 0 bridgehead atoms. The van der Waals surface area contributed by atoms with Crippen molar-refractivity contribution in [3.8, 4) is 0 Å². The molecule has 0 aliphatic carbocycles. The van der Waals surface area contributed by atoms with Crippen LogP contribution in [0.15, 0.2) is 29.2 Å². The van der Waals surface area contributed by atoms with Gasteiger partial charge in [0.25, 0.3) is 10.0 Å². The number of rotatable bonds is 5. The van der Waals surface area contributed by atoms with E-state index in [1.807, 2.05) is 20.9 Å². The van der Waals surface area contributed by atoms with E-state index >= 15 is 0 Å². The fraction of sp³-hybridized carbons (Fsp3) is 0.308. The van der Waals surface area contributed by atoms with E-state index in [1.54, 1.807) is 24.3 Å². The fourth-order valence-electron chi connectivity index (χ4n) is 1.68. The van der Waals surface area contributed by atoms with E-state index in [9.17, 15) is 8.42 Å². The predicted octanol–water partition coefficient (Wildman–Crippen LogP) is 2.28. The monoisotopic (exact) mass is 311 g/mol. The Morgan fingerprint density at radius 2 is 1.85 bits per heavy atom. The molecule has 0 spiro atoms. The lowest BCUT2D eigenvalue weighted by Gasteiger charge is -2.06. The van der Waals surface area contributed by atoms with E-state index in [0.29, 0.717) is 11.7 Å². The number of benzene rings is 1. The quantitative estimate of drug-likeness (QED) is 0.888. The molecule has 2 N–H and O–H groups in total. The Morgan fingerprint density at radius 3 is 2.35 bits per heavy atom. The first kappa shape index (κ1) is 15.0. The minimum absolute atomic E-state index is 0.239. The third kappa shape index (κ3) is 3.36. The normalized spacial score (nSPS) is 11.6. The second-order valence-corrected chi connectivity index (χ2v) is 7.33. The molecule has 108 valence electrons. The molecule has 2 aromatic rings. The van der Waals surface area contributed by atoms with Crippen molar-refractivity contribution in [1.82, 2.24) is 10.3 Å². The minimum atomic E-state index is -3.57. The van der Waals surface area contributed by atoms with E-state index in [2.05, 4.69) is 15.0 Å². The summed E-state index contributed by atoms with van der Waals surface area (Å²) in [5.74, 6) is 0. The van der Waals surface area contributed by atoms with Crippen molar-refractivity contribution >= 4 is 26.5 Å². The van der Waals surface area contributed by atoms with Crippen molar-refractivity contribution in [2.45, 2.75) is 25.3 Å². The van der Waals surface area contributed by atoms with Crippen LogP contribution in [0.5, 0.6) is 0 Å². The van der Waals surface area contributed by atoms with Crippen LogP contribution in [0.1, 0.15) is 16.1 Å². The number of hydrogen-bond acceptors (Lipinski definition) is 5. The summed E-state index contributed by atoms with van der Waals surface area (Å²) in [4.78, 5) is 5.43. The summed E-state index contributed by atoms with van der Waals surface area (Å²) in [5.41, 5.74) is 1.88. The van der Waals surface area contributed by atoms with Crippen LogP contribution in [0.2, 0.25) is 0 Å². The third-order valence-electron chi connectivity index (χ3n) is 2.86. The second-order valence-electron chi connectivity index (χ2n) is 4.44. The standard InChI is InChI=1S/C13H17N3O2S2/c1-9-10(2)19-13(15-9)16-20(17,18)12-6-4-11(5-7-12)8-14-3/h4-7,14H,8H2,1-3H3,(H,15,16). The lowest BCUT2D eigenvalue weighted by molar-refractivity contribution is 0.601. The van der Waals surface area contributed by atoms with Gasteiger partial charge in [-0.25, -0.2) is 13.4 Å². The number of thiazole rings is 1. The molecule has 0 saturated carbocycles. The van der Waals surface area contributed by atoms with Gasteiger partial charge in [0.2, 0.25) is 0 Å². The highest BCUT2D eigenvalue weighted by Gasteiger charge is 2.16. The number of sulfonamides is 1. The van der Waals surface area contributed by atoms with E-state index in [0.717, 1.165) is 16.1 Å². The van der Waals surface area contributed by atoms with Crippen LogP contribution in [0.4, 0.5) is 5.13 Å². The Hall–Kier alpha value is -1.44. The Balaban J connectivity index is 2.21. The highest BCUT2D eigenvalue weighted by Crippen LogP contribution is 2.24. The van der Waals surface area contributed by atoms with Crippen molar-refractivity contribution in [2.24, 2.45) is 0 Å². The number of aromatic nitrogens is 1. The van der Waals surface area contributed by atoms with Gasteiger partial charge in [-0.3, -0.25) is 4.72 Å².